The third kappa shape index (κ3) is 3.68. The highest BCUT2D eigenvalue weighted by Gasteiger charge is 2.48. The van der Waals surface area contributed by atoms with Gasteiger partial charge in [0, 0.05) is 10.6 Å². The van der Waals surface area contributed by atoms with Crippen molar-refractivity contribution in [3.05, 3.63) is 86.9 Å². The molecule has 3 aromatic rings. The van der Waals surface area contributed by atoms with E-state index in [1.54, 1.807) is 61.5 Å². The Hall–Kier alpha value is -3.49. The highest BCUT2D eigenvalue weighted by atomic mass is 35.5. The van der Waals surface area contributed by atoms with Gasteiger partial charge < -0.3 is 9.84 Å². The Bertz CT molecular complexity index is 1250. The van der Waals surface area contributed by atoms with Gasteiger partial charge in [-0.2, -0.15) is 0 Å². The zero-order valence-electron chi connectivity index (χ0n) is 17.0. The maximum absolute atomic E-state index is 13.1. The Kier molecular flexibility index (Phi) is 5.82. The number of ether oxygens (including phenoxy) is 1. The molecule has 1 fully saturated rings. The van der Waals surface area contributed by atoms with Crippen molar-refractivity contribution in [2.75, 3.05) is 12.0 Å². The third-order valence-electron chi connectivity index (χ3n) is 5.04. The van der Waals surface area contributed by atoms with Crippen LogP contribution in [0, 0.1) is 6.92 Å². The SMILES string of the molecule is COC(=O)c1sc(N2C(=O)C(=O)/C(=C(\O)c3ccccc3)C2c2ccc(Cl)cc2)nc1C. The lowest BCUT2D eigenvalue weighted by molar-refractivity contribution is -0.132. The summed E-state index contributed by atoms with van der Waals surface area (Å²) in [5.41, 5.74) is 1.25. The molecule has 0 saturated carbocycles. The van der Waals surface area contributed by atoms with E-state index in [1.165, 1.54) is 12.0 Å². The van der Waals surface area contributed by atoms with Crippen LogP contribution in [0.4, 0.5) is 5.13 Å². The number of Topliss-reactive ketones (excluding diaryl/α,β-unsaturated/α-hetero) is 1. The van der Waals surface area contributed by atoms with Gasteiger partial charge in [0.2, 0.25) is 0 Å². The van der Waals surface area contributed by atoms with Crippen molar-refractivity contribution in [3.8, 4) is 0 Å². The quantitative estimate of drug-likeness (QED) is 0.262. The van der Waals surface area contributed by atoms with E-state index in [-0.39, 0.29) is 21.3 Å². The first-order chi connectivity index (χ1) is 15.3. The number of rotatable bonds is 4. The van der Waals surface area contributed by atoms with Crippen molar-refractivity contribution < 1.29 is 24.2 Å². The van der Waals surface area contributed by atoms with Crippen LogP contribution in [0.1, 0.15) is 32.5 Å². The molecule has 0 radical (unpaired) electrons. The fourth-order valence-corrected chi connectivity index (χ4v) is 4.65. The summed E-state index contributed by atoms with van der Waals surface area (Å²) in [7, 11) is 1.25. The Balaban J connectivity index is 1.93. The van der Waals surface area contributed by atoms with Crippen molar-refractivity contribution in [2.45, 2.75) is 13.0 Å². The van der Waals surface area contributed by atoms with Gasteiger partial charge in [-0.15, -0.1) is 0 Å². The summed E-state index contributed by atoms with van der Waals surface area (Å²) in [6.45, 7) is 1.62. The lowest BCUT2D eigenvalue weighted by atomic mass is 9.95. The third-order valence-corrected chi connectivity index (χ3v) is 6.43. The molecular formula is C23H17ClN2O5S. The van der Waals surface area contributed by atoms with E-state index < -0.39 is 23.7 Å². The predicted molar refractivity (Wildman–Crippen MR) is 121 cm³/mol. The van der Waals surface area contributed by atoms with Gasteiger partial charge in [-0.3, -0.25) is 14.5 Å². The smallest absolute Gasteiger partial charge is 0.350 e. The number of aryl methyl sites for hydroxylation is 1. The van der Waals surface area contributed by atoms with Gasteiger partial charge in [-0.1, -0.05) is 65.4 Å². The van der Waals surface area contributed by atoms with E-state index in [9.17, 15) is 19.5 Å². The maximum atomic E-state index is 13.1. The van der Waals surface area contributed by atoms with Crippen LogP contribution in [-0.2, 0) is 14.3 Å². The predicted octanol–water partition coefficient (Wildman–Crippen LogP) is 4.52. The number of hydrogen-bond acceptors (Lipinski definition) is 7. The van der Waals surface area contributed by atoms with Crippen LogP contribution in [0.25, 0.3) is 5.76 Å². The number of anilines is 1. The molecule has 2 heterocycles. The fraction of sp³-hybridized carbons (Fsp3) is 0.130. The molecule has 7 nitrogen and oxygen atoms in total. The number of carbonyl (C=O) groups excluding carboxylic acids is 3. The highest BCUT2D eigenvalue weighted by molar-refractivity contribution is 7.17. The fourth-order valence-electron chi connectivity index (χ4n) is 3.51. The van der Waals surface area contributed by atoms with E-state index in [2.05, 4.69) is 4.98 Å². The lowest BCUT2D eigenvalue weighted by Gasteiger charge is -2.23. The summed E-state index contributed by atoms with van der Waals surface area (Å²) in [5.74, 6) is -2.59. The van der Waals surface area contributed by atoms with Crippen LogP contribution in [0.15, 0.2) is 60.2 Å². The zero-order chi connectivity index (χ0) is 23.0. The van der Waals surface area contributed by atoms with Gasteiger partial charge in [-0.25, -0.2) is 9.78 Å². The molecule has 1 N–H and O–H groups in total. The van der Waals surface area contributed by atoms with Gasteiger partial charge in [0.1, 0.15) is 10.6 Å². The summed E-state index contributed by atoms with van der Waals surface area (Å²) in [4.78, 5) is 44.0. The average molecular weight is 469 g/mol. The maximum Gasteiger partial charge on any atom is 0.350 e. The summed E-state index contributed by atoms with van der Waals surface area (Å²) < 4.78 is 4.78. The highest BCUT2D eigenvalue weighted by Crippen LogP contribution is 2.44. The van der Waals surface area contributed by atoms with E-state index in [1.807, 2.05) is 0 Å². The molecule has 0 bridgehead atoms. The molecule has 1 atom stereocenters. The molecule has 1 aliphatic rings. The van der Waals surface area contributed by atoms with E-state index >= 15 is 0 Å². The number of methoxy groups -OCH3 is 1. The summed E-state index contributed by atoms with van der Waals surface area (Å²) in [6.07, 6.45) is 0. The number of esters is 1. The minimum atomic E-state index is -0.955. The number of benzene rings is 2. The minimum absolute atomic E-state index is 0.0732. The Morgan fingerprint density at radius 3 is 2.41 bits per heavy atom. The number of aromatic nitrogens is 1. The zero-order valence-corrected chi connectivity index (χ0v) is 18.6. The minimum Gasteiger partial charge on any atom is -0.507 e. The Morgan fingerprint density at radius 1 is 1.12 bits per heavy atom. The number of thiazole rings is 1. The molecule has 32 heavy (non-hydrogen) atoms. The standard InChI is InChI=1S/C23H17ClN2O5S/c1-12-20(22(30)31-2)32-23(25-12)26-17(13-8-10-15(24)11-9-13)16(19(28)21(26)29)18(27)14-6-4-3-5-7-14/h3-11,17,27H,1-2H3/b18-16-. The Labute approximate surface area is 192 Å². The van der Waals surface area contributed by atoms with Crippen molar-refractivity contribution in [2.24, 2.45) is 0 Å². The van der Waals surface area contributed by atoms with Crippen LogP contribution in [0.5, 0.6) is 0 Å². The first-order valence-electron chi connectivity index (χ1n) is 9.51. The number of nitrogens with zero attached hydrogens (tertiary/aromatic N) is 2. The molecule has 4 rings (SSSR count). The number of ketones is 1. The molecule has 1 saturated heterocycles. The molecule has 162 valence electrons. The number of aliphatic hydroxyl groups excluding tert-OH is 1. The topological polar surface area (TPSA) is 96.8 Å². The molecule has 2 aromatic carbocycles. The monoisotopic (exact) mass is 468 g/mol. The molecule has 9 heteroatoms. The van der Waals surface area contributed by atoms with Gasteiger partial charge >= 0.3 is 11.9 Å². The van der Waals surface area contributed by atoms with Crippen molar-refractivity contribution in [1.29, 1.82) is 0 Å². The summed E-state index contributed by atoms with van der Waals surface area (Å²) in [5, 5.41) is 11.6. The number of aliphatic hydroxyl groups is 1. The molecule has 0 spiro atoms. The van der Waals surface area contributed by atoms with Crippen molar-refractivity contribution in [3.63, 3.8) is 0 Å². The van der Waals surface area contributed by atoms with E-state index in [0.29, 0.717) is 21.8 Å². The van der Waals surface area contributed by atoms with Gasteiger partial charge in [0.15, 0.2) is 5.13 Å². The summed E-state index contributed by atoms with van der Waals surface area (Å²) in [6, 6.07) is 14.2. The molecule has 1 unspecified atom stereocenters. The second kappa shape index (κ2) is 8.57. The van der Waals surface area contributed by atoms with Crippen LogP contribution in [0.3, 0.4) is 0 Å². The number of carbonyl (C=O) groups is 3. The normalized spacial score (nSPS) is 17.6. The van der Waals surface area contributed by atoms with E-state index in [4.69, 9.17) is 16.3 Å². The van der Waals surface area contributed by atoms with Gasteiger partial charge in [0.05, 0.1) is 24.4 Å². The molecule has 1 amide bonds. The van der Waals surface area contributed by atoms with Crippen LogP contribution in [0.2, 0.25) is 5.02 Å². The first-order valence-corrected chi connectivity index (χ1v) is 10.7. The lowest BCUT2D eigenvalue weighted by Crippen LogP contribution is -2.29. The Morgan fingerprint density at radius 2 is 1.78 bits per heavy atom. The van der Waals surface area contributed by atoms with Gasteiger partial charge in [0.25, 0.3) is 5.78 Å². The molecule has 1 aromatic heterocycles. The first kappa shape index (κ1) is 21.7. The molecule has 0 aliphatic carbocycles. The average Bonchev–Trinajstić information content (AvgIpc) is 3.31. The van der Waals surface area contributed by atoms with Crippen LogP contribution < -0.4 is 4.90 Å². The van der Waals surface area contributed by atoms with Gasteiger partial charge in [-0.05, 0) is 24.6 Å². The van der Waals surface area contributed by atoms with Crippen LogP contribution in [-0.4, -0.2) is 34.9 Å². The number of amides is 1. The summed E-state index contributed by atoms with van der Waals surface area (Å²) >= 11 is 6.97. The molecular weight excluding hydrogens is 452 g/mol. The van der Waals surface area contributed by atoms with E-state index in [0.717, 1.165) is 11.3 Å². The van der Waals surface area contributed by atoms with Crippen LogP contribution >= 0.6 is 22.9 Å². The molecule has 1 aliphatic heterocycles. The second-order valence-corrected chi connectivity index (χ2v) is 8.40. The van der Waals surface area contributed by atoms with Crippen molar-refractivity contribution >= 4 is 51.5 Å². The second-order valence-electron chi connectivity index (χ2n) is 6.99. The largest absolute Gasteiger partial charge is 0.507 e. The number of hydrogen-bond donors (Lipinski definition) is 1. The number of halogens is 1. The van der Waals surface area contributed by atoms with Crippen molar-refractivity contribution in [1.82, 2.24) is 4.98 Å².